The van der Waals surface area contributed by atoms with Crippen molar-refractivity contribution < 1.29 is 4.74 Å². The summed E-state index contributed by atoms with van der Waals surface area (Å²) in [4.78, 5) is 6.28. The van der Waals surface area contributed by atoms with Crippen LogP contribution in [0.1, 0.15) is 12.0 Å². The predicted molar refractivity (Wildman–Crippen MR) is 106 cm³/mol. The molecule has 0 saturated carbocycles. The third-order valence-corrected chi connectivity index (χ3v) is 3.21. The van der Waals surface area contributed by atoms with Gasteiger partial charge in [-0.05, 0) is 30.5 Å². The van der Waals surface area contributed by atoms with Crippen LogP contribution < -0.4 is 15.5 Å². The minimum absolute atomic E-state index is 0. The van der Waals surface area contributed by atoms with Gasteiger partial charge in [0.05, 0.1) is 6.61 Å². The summed E-state index contributed by atoms with van der Waals surface area (Å²) >= 11 is 0. The molecule has 0 radical (unpaired) electrons. The Morgan fingerprint density at radius 2 is 1.77 bits per heavy atom. The molecule has 0 amide bonds. The Kier molecular flexibility index (Phi) is 11.9. The van der Waals surface area contributed by atoms with Crippen LogP contribution >= 0.6 is 24.0 Å². The highest BCUT2D eigenvalue weighted by molar-refractivity contribution is 14.0. The maximum Gasteiger partial charge on any atom is 0.191 e. The standard InChI is InChI=1S/C16H28N4O.HI/c1-17-16(19-12-13-21-4)18-11-5-6-14-7-9-15(10-8-14)20(2)3;/h7-10H,5-6,11-13H2,1-4H3,(H2,17,18,19);1H. The molecular weight excluding hydrogens is 391 g/mol. The van der Waals surface area contributed by atoms with Crippen molar-refractivity contribution in [2.24, 2.45) is 4.99 Å². The van der Waals surface area contributed by atoms with Gasteiger partial charge in [0, 0.05) is 47.0 Å². The minimum Gasteiger partial charge on any atom is -0.383 e. The van der Waals surface area contributed by atoms with Crippen molar-refractivity contribution in [2.45, 2.75) is 12.8 Å². The zero-order chi connectivity index (χ0) is 15.5. The SMILES string of the molecule is CN=C(NCCCc1ccc(N(C)C)cc1)NCCOC.I. The maximum absolute atomic E-state index is 5.00. The van der Waals surface area contributed by atoms with Crippen LogP contribution in [0.25, 0.3) is 0 Å². The lowest BCUT2D eigenvalue weighted by molar-refractivity contribution is 0.203. The molecule has 0 unspecified atom stereocenters. The van der Waals surface area contributed by atoms with E-state index < -0.39 is 0 Å². The number of hydrogen-bond donors (Lipinski definition) is 2. The van der Waals surface area contributed by atoms with Crippen molar-refractivity contribution in [3.63, 3.8) is 0 Å². The van der Waals surface area contributed by atoms with Crippen LogP contribution in [0.2, 0.25) is 0 Å². The van der Waals surface area contributed by atoms with Gasteiger partial charge >= 0.3 is 0 Å². The highest BCUT2D eigenvalue weighted by Gasteiger charge is 1.98. The lowest BCUT2D eigenvalue weighted by Gasteiger charge is -2.13. The number of nitrogens with zero attached hydrogens (tertiary/aromatic N) is 2. The van der Waals surface area contributed by atoms with E-state index in [1.165, 1.54) is 11.3 Å². The Morgan fingerprint density at radius 3 is 2.32 bits per heavy atom. The van der Waals surface area contributed by atoms with Crippen molar-refractivity contribution in [3.8, 4) is 0 Å². The first-order chi connectivity index (χ1) is 10.2. The summed E-state index contributed by atoms with van der Waals surface area (Å²) in [7, 11) is 7.59. The summed E-state index contributed by atoms with van der Waals surface area (Å²) in [6.45, 7) is 2.35. The number of rotatable bonds is 8. The molecule has 5 nitrogen and oxygen atoms in total. The summed E-state index contributed by atoms with van der Waals surface area (Å²) in [5, 5.41) is 6.50. The molecule has 126 valence electrons. The Hall–Kier alpha value is -1.02. The van der Waals surface area contributed by atoms with E-state index in [1.807, 2.05) is 0 Å². The highest BCUT2D eigenvalue weighted by Crippen LogP contribution is 2.13. The van der Waals surface area contributed by atoms with E-state index in [4.69, 9.17) is 4.74 Å². The minimum atomic E-state index is 0. The summed E-state index contributed by atoms with van der Waals surface area (Å²) in [6, 6.07) is 8.71. The van der Waals surface area contributed by atoms with Gasteiger partial charge in [0.25, 0.3) is 0 Å². The molecule has 0 saturated heterocycles. The first-order valence-corrected chi connectivity index (χ1v) is 7.37. The molecule has 1 aromatic carbocycles. The monoisotopic (exact) mass is 420 g/mol. The topological polar surface area (TPSA) is 48.9 Å². The molecule has 6 heteroatoms. The summed E-state index contributed by atoms with van der Waals surface area (Å²) in [6.07, 6.45) is 2.14. The Labute approximate surface area is 151 Å². The van der Waals surface area contributed by atoms with Gasteiger partial charge in [-0.25, -0.2) is 0 Å². The fourth-order valence-electron chi connectivity index (χ4n) is 1.95. The number of aliphatic imine (C=N–C) groups is 1. The van der Waals surface area contributed by atoms with Crippen molar-refractivity contribution in [2.75, 3.05) is 52.8 Å². The zero-order valence-corrected chi connectivity index (χ0v) is 16.4. The fraction of sp³-hybridized carbons (Fsp3) is 0.562. The van der Waals surface area contributed by atoms with Crippen molar-refractivity contribution in [1.29, 1.82) is 0 Å². The highest BCUT2D eigenvalue weighted by atomic mass is 127. The molecule has 0 aliphatic heterocycles. The first kappa shape index (κ1) is 21.0. The van der Waals surface area contributed by atoms with Gasteiger partial charge in [-0.3, -0.25) is 4.99 Å². The Balaban J connectivity index is 0.00000441. The number of nitrogens with one attached hydrogen (secondary N) is 2. The molecule has 1 rings (SSSR count). The molecule has 2 N–H and O–H groups in total. The zero-order valence-electron chi connectivity index (χ0n) is 14.1. The molecule has 0 atom stereocenters. The summed E-state index contributed by atoms with van der Waals surface area (Å²) in [5.74, 6) is 0.829. The van der Waals surface area contributed by atoms with Gasteiger partial charge in [0.2, 0.25) is 0 Å². The van der Waals surface area contributed by atoms with Crippen LogP contribution in [0.5, 0.6) is 0 Å². The van der Waals surface area contributed by atoms with Gasteiger partial charge in [-0.2, -0.15) is 0 Å². The smallest absolute Gasteiger partial charge is 0.191 e. The number of aryl methyl sites for hydroxylation is 1. The van der Waals surface area contributed by atoms with E-state index in [9.17, 15) is 0 Å². The van der Waals surface area contributed by atoms with Gasteiger partial charge in [0.15, 0.2) is 5.96 Å². The quantitative estimate of drug-likeness (QED) is 0.293. The number of halogens is 1. The van der Waals surface area contributed by atoms with Gasteiger partial charge < -0.3 is 20.3 Å². The van der Waals surface area contributed by atoms with Gasteiger partial charge in [-0.1, -0.05) is 12.1 Å². The van der Waals surface area contributed by atoms with Crippen molar-refractivity contribution in [3.05, 3.63) is 29.8 Å². The van der Waals surface area contributed by atoms with Crippen LogP contribution in [0.3, 0.4) is 0 Å². The molecule has 0 aliphatic rings. The second-order valence-corrected chi connectivity index (χ2v) is 5.08. The Bertz CT molecular complexity index is 421. The largest absolute Gasteiger partial charge is 0.383 e. The molecule has 0 bridgehead atoms. The van der Waals surface area contributed by atoms with E-state index in [0.29, 0.717) is 6.61 Å². The van der Waals surface area contributed by atoms with Crippen molar-refractivity contribution in [1.82, 2.24) is 10.6 Å². The lowest BCUT2D eigenvalue weighted by Crippen LogP contribution is -2.39. The van der Waals surface area contributed by atoms with Crippen LogP contribution in [0.15, 0.2) is 29.3 Å². The van der Waals surface area contributed by atoms with Crippen molar-refractivity contribution >= 4 is 35.6 Å². The van der Waals surface area contributed by atoms with E-state index in [-0.39, 0.29) is 24.0 Å². The molecule has 0 spiro atoms. The van der Waals surface area contributed by atoms with Crippen LogP contribution in [-0.2, 0) is 11.2 Å². The molecule has 1 aromatic rings. The number of ether oxygens (including phenoxy) is 1. The van der Waals surface area contributed by atoms with Gasteiger partial charge in [0.1, 0.15) is 0 Å². The first-order valence-electron chi connectivity index (χ1n) is 7.37. The number of anilines is 1. The lowest BCUT2D eigenvalue weighted by atomic mass is 10.1. The average molecular weight is 420 g/mol. The molecule has 0 aromatic heterocycles. The van der Waals surface area contributed by atoms with Crippen LogP contribution in [0.4, 0.5) is 5.69 Å². The second-order valence-electron chi connectivity index (χ2n) is 5.08. The summed E-state index contributed by atoms with van der Waals surface area (Å²) < 4.78 is 5.00. The molecule has 22 heavy (non-hydrogen) atoms. The third-order valence-electron chi connectivity index (χ3n) is 3.21. The number of hydrogen-bond acceptors (Lipinski definition) is 3. The van der Waals surface area contributed by atoms with Crippen LogP contribution in [-0.4, -0.2) is 53.9 Å². The molecular formula is C16H29IN4O. The Morgan fingerprint density at radius 1 is 1.14 bits per heavy atom. The third kappa shape index (κ3) is 8.43. The van der Waals surface area contributed by atoms with Crippen LogP contribution in [0, 0.1) is 0 Å². The molecule has 0 aliphatic carbocycles. The van der Waals surface area contributed by atoms with E-state index in [1.54, 1.807) is 14.2 Å². The van der Waals surface area contributed by atoms with E-state index in [0.717, 1.165) is 31.9 Å². The van der Waals surface area contributed by atoms with E-state index in [2.05, 4.69) is 58.9 Å². The fourth-order valence-corrected chi connectivity index (χ4v) is 1.95. The number of guanidine groups is 1. The summed E-state index contributed by atoms with van der Waals surface area (Å²) in [5.41, 5.74) is 2.60. The number of methoxy groups -OCH3 is 1. The van der Waals surface area contributed by atoms with E-state index >= 15 is 0 Å². The predicted octanol–water partition coefficient (Wildman–Crippen LogP) is 2.11. The maximum atomic E-state index is 5.00. The molecule has 0 heterocycles. The normalized spacial score (nSPS) is 10.8. The average Bonchev–Trinajstić information content (AvgIpc) is 2.50. The van der Waals surface area contributed by atoms with Gasteiger partial charge in [-0.15, -0.1) is 24.0 Å². The number of benzene rings is 1. The second kappa shape index (κ2) is 12.5. The molecule has 0 fully saturated rings.